The first-order valence-electron chi connectivity index (χ1n) is 3.52. The molecule has 0 aliphatic carbocycles. The van der Waals surface area contributed by atoms with Gasteiger partial charge in [0.1, 0.15) is 10.2 Å². The van der Waals surface area contributed by atoms with Crippen molar-refractivity contribution in [3.63, 3.8) is 0 Å². The van der Waals surface area contributed by atoms with Crippen LogP contribution >= 0.6 is 15.9 Å². The van der Waals surface area contributed by atoms with Crippen LogP contribution in [0.25, 0.3) is 0 Å². The van der Waals surface area contributed by atoms with Crippen LogP contribution in [0.3, 0.4) is 0 Å². The minimum absolute atomic E-state index is 0.242. The van der Waals surface area contributed by atoms with E-state index in [0.29, 0.717) is 0 Å². The van der Waals surface area contributed by atoms with Crippen molar-refractivity contribution >= 4 is 21.6 Å². The molecule has 0 saturated carbocycles. The number of aryl methyl sites for hydroxylation is 1. The molecule has 1 rings (SSSR count). The molecule has 4 nitrogen and oxygen atoms in total. The molecule has 7 heteroatoms. The molecule has 0 aliphatic heterocycles. The molecule has 1 aromatic heterocycles. The summed E-state index contributed by atoms with van der Waals surface area (Å²) in [6, 6.07) is 0. The summed E-state index contributed by atoms with van der Waals surface area (Å²) in [5, 5.41) is 10.5. The highest BCUT2D eigenvalue weighted by atomic mass is 79.9. The molecule has 0 aliphatic rings. The highest BCUT2D eigenvalue weighted by Crippen LogP contribution is 2.34. The van der Waals surface area contributed by atoms with E-state index in [9.17, 15) is 18.9 Å². The first-order chi connectivity index (χ1) is 6.45. The number of halogens is 3. The van der Waals surface area contributed by atoms with Crippen molar-refractivity contribution in [2.75, 3.05) is 0 Å². The van der Waals surface area contributed by atoms with Gasteiger partial charge >= 0.3 is 0 Å². The van der Waals surface area contributed by atoms with E-state index in [1.807, 2.05) is 0 Å². The topological polar surface area (TPSA) is 56.0 Å². The molecule has 14 heavy (non-hydrogen) atoms. The number of alkyl halides is 2. The van der Waals surface area contributed by atoms with Gasteiger partial charge in [0.2, 0.25) is 0 Å². The van der Waals surface area contributed by atoms with Gasteiger partial charge in [0.05, 0.1) is 4.92 Å². The number of nitrogens with zero attached hydrogens (tertiary/aromatic N) is 2. The van der Waals surface area contributed by atoms with Gasteiger partial charge < -0.3 is 0 Å². The average molecular weight is 267 g/mol. The van der Waals surface area contributed by atoms with Crippen LogP contribution in [0.2, 0.25) is 0 Å². The number of rotatable bonds is 2. The van der Waals surface area contributed by atoms with Crippen LogP contribution in [0.15, 0.2) is 10.7 Å². The molecule has 0 atom stereocenters. The molecule has 1 heterocycles. The van der Waals surface area contributed by atoms with Crippen LogP contribution in [0.4, 0.5) is 14.5 Å². The molecule has 0 aromatic carbocycles. The third-order valence-electron chi connectivity index (χ3n) is 1.59. The summed E-state index contributed by atoms with van der Waals surface area (Å²) in [7, 11) is 0. The molecule has 0 saturated heterocycles. The van der Waals surface area contributed by atoms with E-state index in [0.717, 1.165) is 6.20 Å². The summed E-state index contributed by atoms with van der Waals surface area (Å²) in [6.45, 7) is 1.44. The van der Waals surface area contributed by atoms with Gasteiger partial charge in [-0.15, -0.1) is 0 Å². The van der Waals surface area contributed by atoms with Crippen molar-refractivity contribution in [2.45, 2.75) is 13.3 Å². The van der Waals surface area contributed by atoms with Gasteiger partial charge in [0, 0.05) is 11.8 Å². The maximum atomic E-state index is 12.3. The quantitative estimate of drug-likeness (QED) is 0.611. The largest absolute Gasteiger partial charge is 0.289 e. The number of nitro groups is 1. The van der Waals surface area contributed by atoms with Crippen LogP contribution in [-0.2, 0) is 0 Å². The smallest absolute Gasteiger partial charge is 0.258 e. The maximum absolute atomic E-state index is 12.3. The van der Waals surface area contributed by atoms with Crippen molar-refractivity contribution in [3.05, 3.63) is 32.0 Å². The molecule has 0 radical (unpaired) electrons. The van der Waals surface area contributed by atoms with E-state index < -0.39 is 17.0 Å². The lowest BCUT2D eigenvalue weighted by atomic mass is 10.2. The van der Waals surface area contributed by atoms with E-state index in [4.69, 9.17) is 0 Å². The lowest BCUT2D eigenvalue weighted by molar-refractivity contribution is -0.386. The van der Waals surface area contributed by atoms with Gasteiger partial charge in [-0.25, -0.2) is 8.78 Å². The normalized spacial score (nSPS) is 10.6. The average Bonchev–Trinajstić information content (AvgIpc) is 2.02. The predicted molar refractivity (Wildman–Crippen MR) is 48.3 cm³/mol. The Bertz CT molecular complexity index is 384. The summed E-state index contributed by atoms with van der Waals surface area (Å²) in [5.74, 6) is 0. The Labute approximate surface area is 86.2 Å². The summed E-state index contributed by atoms with van der Waals surface area (Å²) < 4.78 is 24.3. The molecular weight excluding hydrogens is 262 g/mol. The summed E-state index contributed by atoms with van der Waals surface area (Å²) in [6.07, 6.45) is -1.77. The van der Waals surface area contributed by atoms with Gasteiger partial charge in [-0.2, -0.15) is 0 Å². The van der Waals surface area contributed by atoms with E-state index in [2.05, 4.69) is 20.9 Å². The van der Waals surface area contributed by atoms with Crippen molar-refractivity contribution in [2.24, 2.45) is 0 Å². The first-order valence-corrected chi connectivity index (χ1v) is 4.32. The van der Waals surface area contributed by atoms with E-state index in [-0.39, 0.29) is 15.7 Å². The summed E-state index contributed by atoms with van der Waals surface area (Å²) in [5.41, 5.74) is -0.733. The van der Waals surface area contributed by atoms with E-state index >= 15 is 0 Å². The fourth-order valence-electron chi connectivity index (χ4n) is 0.955. The highest BCUT2D eigenvalue weighted by molar-refractivity contribution is 9.10. The van der Waals surface area contributed by atoms with Crippen LogP contribution < -0.4 is 0 Å². The molecule has 0 unspecified atom stereocenters. The Morgan fingerprint density at radius 1 is 1.64 bits per heavy atom. The van der Waals surface area contributed by atoms with Crippen molar-refractivity contribution in [1.82, 2.24) is 4.98 Å². The second-order valence-electron chi connectivity index (χ2n) is 2.55. The minimum Gasteiger partial charge on any atom is -0.258 e. The maximum Gasteiger partial charge on any atom is 0.289 e. The number of hydrogen-bond acceptors (Lipinski definition) is 3. The molecule has 0 fully saturated rings. The zero-order valence-corrected chi connectivity index (χ0v) is 8.59. The minimum atomic E-state index is -2.83. The molecule has 0 amide bonds. The first kappa shape index (κ1) is 11.0. The molecule has 0 bridgehead atoms. The van der Waals surface area contributed by atoms with Gasteiger partial charge in [0.15, 0.2) is 0 Å². The Morgan fingerprint density at radius 3 is 2.64 bits per heavy atom. The van der Waals surface area contributed by atoms with Gasteiger partial charge in [-0.3, -0.25) is 15.1 Å². The van der Waals surface area contributed by atoms with Crippen molar-refractivity contribution in [1.29, 1.82) is 0 Å². The Hall–Kier alpha value is -1.11. The second-order valence-corrected chi connectivity index (χ2v) is 3.34. The highest BCUT2D eigenvalue weighted by Gasteiger charge is 2.24. The van der Waals surface area contributed by atoms with E-state index in [1.165, 1.54) is 6.92 Å². The van der Waals surface area contributed by atoms with Crippen LogP contribution in [0, 0.1) is 17.0 Å². The monoisotopic (exact) mass is 266 g/mol. The standard InChI is InChI=1S/C7H5BrF2N2O2/c1-3-2-11-5(7(9)10)4(8)6(3)12(13)14/h2,7H,1H3. The third-order valence-corrected chi connectivity index (χ3v) is 2.37. The fraction of sp³-hybridized carbons (Fsp3) is 0.286. The molecule has 0 N–H and O–H groups in total. The van der Waals surface area contributed by atoms with Gasteiger partial charge in [0.25, 0.3) is 12.1 Å². The van der Waals surface area contributed by atoms with Crippen molar-refractivity contribution < 1.29 is 13.7 Å². The zero-order chi connectivity index (χ0) is 10.9. The summed E-state index contributed by atoms with van der Waals surface area (Å²) >= 11 is 2.75. The molecule has 1 aromatic rings. The Kier molecular flexibility index (Phi) is 3.10. The third kappa shape index (κ3) is 1.87. The molecular formula is C7H5BrF2N2O2. The lowest BCUT2D eigenvalue weighted by Crippen LogP contribution is -2.00. The molecule has 76 valence electrons. The SMILES string of the molecule is Cc1cnc(C(F)F)c(Br)c1[N+](=O)[O-]. The number of aromatic nitrogens is 1. The van der Waals surface area contributed by atoms with Crippen LogP contribution in [0.5, 0.6) is 0 Å². The molecule has 0 spiro atoms. The number of pyridine rings is 1. The van der Waals surface area contributed by atoms with Crippen LogP contribution in [-0.4, -0.2) is 9.91 Å². The zero-order valence-electron chi connectivity index (χ0n) is 7.00. The lowest BCUT2D eigenvalue weighted by Gasteiger charge is -2.04. The van der Waals surface area contributed by atoms with Crippen LogP contribution in [0.1, 0.15) is 17.7 Å². The van der Waals surface area contributed by atoms with Gasteiger partial charge in [-0.05, 0) is 22.9 Å². The van der Waals surface area contributed by atoms with E-state index in [1.54, 1.807) is 0 Å². The predicted octanol–water partition coefficient (Wildman–Crippen LogP) is 3.00. The Morgan fingerprint density at radius 2 is 2.21 bits per heavy atom. The summed E-state index contributed by atoms with van der Waals surface area (Å²) in [4.78, 5) is 13.2. The van der Waals surface area contributed by atoms with Crippen molar-refractivity contribution in [3.8, 4) is 0 Å². The Balaban J connectivity index is 3.41. The number of hydrogen-bond donors (Lipinski definition) is 0. The second kappa shape index (κ2) is 3.95. The van der Waals surface area contributed by atoms with Gasteiger partial charge in [-0.1, -0.05) is 0 Å². The fourth-order valence-corrected chi connectivity index (χ4v) is 1.69.